The van der Waals surface area contributed by atoms with Crippen molar-refractivity contribution >= 4 is 22.4 Å². The van der Waals surface area contributed by atoms with E-state index >= 15 is 0 Å². The first-order valence-corrected chi connectivity index (χ1v) is 6.47. The third-order valence-electron chi connectivity index (χ3n) is 2.79. The van der Waals surface area contributed by atoms with Crippen LogP contribution in [0.1, 0.15) is 0 Å². The van der Waals surface area contributed by atoms with Gasteiger partial charge in [0, 0.05) is 0 Å². The number of hydrogen-bond donors (Lipinski definition) is 0. The average molecular weight is 268 g/mol. The molecule has 0 bridgehead atoms. The minimum absolute atomic E-state index is 0.860. The van der Waals surface area contributed by atoms with Crippen LogP contribution in [0.4, 0.5) is 0 Å². The second-order valence-corrected chi connectivity index (χ2v) is 4.91. The number of para-hydroxylation sites is 2. The van der Waals surface area contributed by atoms with Crippen LogP contribution in [0.5, 0.6) is 0 Å². The molecule has 0 aliphatic heterocycles. The van der Waals surface area contributed by atoms with E-state index in [0.717, 1.165) is 21.2 Å². The Balaban J connectivity index is 1.85. The second kappa shape index (κ2) is 3.99. The first kappa shape index (κ1) is 10.4. The topological polar surface area (TPSA) is 61.4 Å². The summed E-state index contributed by atoms with van der Waals surface area (Å²) < 4.78 is 3.67. The summed E-state index contributed by atoms with van der Waals surface area (Å²) in [5.74, 6) is 0. The predicted octanol–water partition coefficient (Wildman–Crippen LogP) is 2.06. The fourth-order valence-electron chi connectivity index (χ4n) is 1.91. The van der Waals surface area contributed by atoms with Crippen LogP contribution in [-0.4, -0.2) is 29.3 Å². The Hall–Kier alpha value is -2.54. The Labute approximate surface area is 112 Å². The van der Waals surface area contributed by atoms with E-state index in [0.29, 0.717) is 0 Å². The fraction of sp³-hybridized carbons (Fsp3) is 0. The van der Waals surface area contributed by atoms with E-state index in [4.69, 9.17) is 0 Å². The van der Waals surface area contributed by atoms with Crippen molar-refractivity contribution in [1.82, 2.24) is 29.3 Å². The maximum atomic E-state index is 4.42. The van der Waals surface area contributed by atoms with Gasteiger partial charge in [-0.2, -0.15) is 5.10 Å². The molecular weight excluding hydrogens is 260 g/mol. The lowest BCUT2D eigenvalue weighted by molar-refractivity contribution is 0.892. The van der Waals surface area contributed by atoms with Gasteiger partial charge in [0.25, 0.3) is 0 Å². The van der Waals surface area contributed by atoms with E-state index in [2.05, 4.69) is 20.1 Å². The molecule has 0 aliphatic rings. The van der Waals surface area contributed by atoms with Crippen LogP contribution in [0.2, 0.25) is 0 Å². The molecule has 0 saturated carbocycles. The van der Waals surface area contributed by atoms with Crippen LogP contribution >= 0.6 is 11.3 Å². The molecule has 0 amide bonds. The summed E-state index contributed by atoms with van der Waals surface area (Å²) in [4.78, 5) is 12.7. The van der Waals surface area contributed by atoms with Gasteiger partial charge in [-0.05, 0) is 12.1 Å². The van der Waals surface area contributed by atoms with Gasteiger partial charge in [0.05, 0.1) is 17.2 Å². The van der Waals surface area contributed by atoms with Crippen molar-refractivity contribution in [2.75, 3.05) is 0 Å². The monoisotopic (exact) mass is 268 g/mol. The number of aromatic nitrogens is 6. The van der Waals surface area contributed by atoms with E-state index in [9.17, 15) is 0 Å². The highest BCUT2D eigenvalue weighted by Gasteiger charge is 2.09. The van der Waals surface area contributed by atoms with Gasteiger partial charge < -0.3 is 0 Å². The zero-order valence-electron chi connectivity index (χ0n) is 9.71. The van der Waals surface area contributed by atoms with Gasteiger partial charge in [-0.25, -0.2) is 19.6 Å². The van der Waals surface area contributed by atoms with Crippen LogP contribution in [0.15, 0.2) is 49.4 Å². The number of nitrogens with zero attached hydrogens (tertiary/aromatic N) is 6. The molecule has 7 heteroatoms. The summed E-state index contributed by atoms with van der Waals surface area (Å²) in [6.07, 6.45) is 6.73. The van der Waals surface area contributed by atoms with Gasteiger partial charge >= 0.3 is 0 Å². The molecule has 3 heterocycles. The molecule has 4 rings (SSSR count). The second-order valence-electron chi connectivity index (χ2n) is 3.92. The first-order valence-electron chi connectivity index (χ1n) is 5.65. The molecule has 1 aromatic carbocycles. The fourth-order valence-corrected chi connectivity index (χ4v) is 2.74. The first-order chi connectivity index (χ1) is 9.42. The Morgan fingerprint density at radius 3 is 2.89 bits per heavy atom. The molecule has 0 fully saturated rings. The van der Waals surface area contributed by atoms with E-state index in [1.807, 2.05) is 28.8 Å². The van der Waals surface area contributed by atoms with Gasteiger partial charge in [-0.3, -0.25) is 4.57 Å². The molecule has 3 aromatic heterocycles. The minimum atomic E-state index is 0.860. The van der Waals surface area contributed by atoms with Crippen molar-refractivity contribution in [3.05, 3.63) is 49.4 Å². The molecular formula is C12H8N6S. The molecule has 4 aromatic rings. The van der Waals surface area contributed by atoms with Gasteiger partial charge in [-0.15, -0.1) is 0 Å². The van der Waals surface area contributed by atoms with E-state index in [-0.39, 0.29) is 0 Å². The Morgan fingerprint density at radius 1 is 1.05 bits per heavy atom. The van der Waals surface area contributed by atoms with Crippen molar-refractivity contribution in [2.45, 2.75) is 0 Å². The third-order valence-corrected chi connectivity index (χ3v) is 3.77. The quantitative estimate of drug-likeness (QED) is 0.558. The molecule has 0 unspecified atom stereocenters. The largest absolute Gasteiger partial charge is 0.274 e. The molecule has 0 radical (unpaired) electrons. The maximum absolute atomic E-state index is 4.42. The average Bonchev–Trinajstić information content (AvgIpc) is 3.18. The highest BCUT2D eigenvalue weighted by Crippen LogP contribution is 2.23. The van der Waals surface area contributed by atoms with Crippen molar-refractivity contribution in [3.63, 3.8) is 0 Å². The maximum Gasteiger partial charge on any atom is 0.197 e. The Kier molecular flexibility index (Phi) is 2.18. The molecule has 19 heavy (non-hydrogen) atoms. The number of rotatable bonds is 2. The molecule has 0 atom stereocenters. The SMILES string of the molecule is c1ccc2c(c1)ncn2-c1ncc(-n2cncn2)s1. The normalized spacial score (nSPS) is 11.2. The number of hydrogen-bond acceptors (Lipinski definition) is 5. The highest BCUT2D eigenvalue weighted by molar-refractivity contribution is 7.16. The predicted molar refractivity (Wildman–Crippen MR) is 71.7 cm³/mol. The van der Waals surface area contributed by atoms with Crippen LogP contribution in [-0.2, 0) is 0 Å². The Morgan fingerprint density at radius 2 is 2.00 bits per heavy atom. The van der Waals surface area contributed by atoms with Crippen LogP contribution < -0.4 is 0 Å². The van der Waals surface area contributed by atoms with Gasteiger partial charge in [0.2, 0.25) is 0 Å². The number of fused-ring (bicyclic) bond motifs is 1. The summed E-state index contributed by atoms with van der Waals surface area (Å²) in [5.41, 5.74) is 2.00. The lowest BCUT2D eigenvalue weighted by Crippen LogP contribution is -1.90. The van der Waals surface area contributed by atoms with Crippen LogP contribution in [0.3, 0.4) is 0 Å². The van der Waals surface area contributed by atoms with Crippen LogP contribution in [0.25, 0.3) is 21.2 Å². The Bertz CT molecular complexity index is 829. The van der Waals surface area contributed by atoms with Gasteiger partial charge in [-0.1, -0.05) is 23.5 Å². The summed E-state index contributed by atoms with van der Waals surface area (Å²) in [7, 11) is 0. The zero-order chi connectivity index (χ0) is 12.7. The summed E-state index contributed by atoms with van der Waals surface area (Å²) in [6.45, 7) is 0. The molecule has 92 valence electrons. The number of benzene rings is 1. The van der Waals surface area contributed by atoms with Gasteiger partial charge in [0.15, 0.2) is 5.13 Å². The third kappa shape index (κ3) is 1.63. The summed E-state index contributed by atoms with van der Waals surface area (Å²) in [5, 5.41) is 5.88. The van der Waals surface area contributed by atoms with Gasteiger partial charge in [0.1, 0.15) is 24.0 Å². The smallest absolute Gasteiger partial charge is 0.197 e. The number of thiazole rings is 1. The molecule has 6 nitrogen and oxygen atoms in total. The molecule has 0 saturated heterocycles. The molecule has 0 aliphatic carbocycles. The summed E-state index contributed by atoms with van der Waals surface area (Å²) >= 11 is 1.54. The van der Waals surface area contributed by atoms with Crippen molar-refractivity contribution in [3.8, 4) is 10.1 Å². The zero-order valence-corrected chi connectivity index (χ0v) is 10.5. The number of imidazole rings is 1. The molecule has 0 spiro atoms. The van der Waals surface area contributed by atoms with E-state index in [1.54, 1.807) is 23.5 Å². The van der Waals surface area contributed by atoms with Crippen LogP contribution in [0, 0.1) is 0 Å². The summed E-state index contributed by atoms with van der Waals surface area (Å²) in [6, 6.07) is 7.98. The van der Waals surface area contributed by atoms with Crippen molar-refractivity contribution in [2.24, 2.45) is 0 Å². The minimum Gasteiger partial charge on any atom is -0.274 e. The van der Waals surface area contributed by atoms with E-state index in [1.165, 1.54) is 17.7 Å². The van der Waals surface area contributed by atoms with E-state index < -0.39 is 0 Å². The van der Waals surface area contributed by atoms with Crippen molar-refractivity contribution in [1.29, 1.82) is 0 Å². The lowest BCUT2D eigenvalue weighted by atomic mass is 10.3. The highest BCUT2D eigenvalue weighted by atomic mass is 32.1. The lowest BCUT2D eigenvalue weighted by Gasteiger charge is -1.97. The van der Waals surface area contributed by atoms with Crippen molar-refractivity contribution < 1.29 is 0 Å². The standard InChI is InChI=1S/C12H8N6S/c1-2-4-10-9(3-1)15-8-17(10)12-14-5-11(19-12)18-7-13-6-16-18/h1-8H. The molecule has 0 N–H and O–H groups in total.